The number of carbonyl (C=O) groups excluding carboxylic acids is 1. The summed E-state index contributed by atoms with van der Waals surface area (Å²) in [5, 5.41) is 8.22. The molecule has 0 aromatic heterocycles. The van der Waals surface area contributed by atoms with Crippen molar-refractivity contribution in [3.8, 4) is 0 Å². The molecule has 0 aliphatic heterocycles. The Hall–Kier alpha value is -1.36. The Morgan fingerprint density at radius 2 is 1.82 bits per heavy atom. The predicted molar refractivity (Wildman–Crippen MR) is 64.0 cm³/mol. The van der Waals surface area contributed by atoms with Gasteiger partial charge in [-0.15, -0.1) is 0 Å². The molecule has 3 atom stereocenters. The zero-order valence-corrected chi connectivity index (χ0v) is 9.84. The summed E-state index contributed by atoms with van der Waals surface area (Å²) in [6.07, 6.45) is 9.31. The molecule has 0 aromatic carbocycles. The lowest BCUT2D eigenvalue weighted by Crippen LogP contribution is -2.31. The molecule has 0 spiro atoms. The van der Waals surface area contributed by atoms with Gasteiger partial charge in [-0.2, -0.15) is 0 Å². The number of fused-ring (bicyclic) bond motifs is 2. The van der Waals surface area contributed by atoms with Crippen LogP contribution in [-0.2, 0) is 9.59 Å². The Morgan fingerprint density at radius 3 is 2.06 bits per heavy atom. The van der Waals surface area contributed by atoms with Crippen LogP contribution in [0.25, 0.3) is 0 Å². The van der Waals surface area contributed by atoms with Gasteiger partial charge >= 0.3 is 5.97 Å². The molecule has 2 aliphatic carbocycles. The zero-order valence-electron chi connectivity index (χ0n) is 9.84. The van der Waals surface area contributed by atoms with Crippen molar-refractivity contribution in [2.75, 3.05) is 0 Å². The lowest BCUT2D eigenvalue weighted by Gasteiger charge is -2.01. The lowest BCUT2D eigenvalue weighted by molar-refractivity contribution is -0.138. The molecule has 5 heteroatoms. The maximum absolute atomic E-state index is 10.1. The van der Waals surface area contributed by atoms with E-state index in [2.05, 4.69) is 12.2 Å². The Morgan fingerprint density at radius 1 is 1.29 bits per heavy atom. The molecule has 2 rings (SSSR count). The maximum Gasteiger partial charge on any atom is 0.320 e. The zero-order chi connectivity index (χ0) is 12.8. The highest BCUT2D eigenvalue weighted by molar-refractivity contribution is 5.76. The minimum Gasteiger partial charge on any atom is -0.480 e. The fraction of sp³-hybridized carbons (Fsp3) is 0.667. The highest BCUT2D eigenvalue weighted by Gasteiger charge is 2.25. The molecule has 17 heavy (non-hydrogen) atoms. The van der Waals surface area contributed by atoms with E-state index in [1.165, 1.54) is 19.3 Å². The summed E-state index contributed by atoms with van der Waals surface area (Å²) >= 11 is 0. The Bertz CT molecular complexity index is 303. The van der Waals surface area contributed by atoms with Crippen LogP contribution in [0.3, 0.4) is 0 Å². The van der Waals surface area contributed by atoms with Crippen molar-refractivity contribution in [1.29, 1.82) is 0 Å². The molecule has 0 saturated heterocycles. The number of amides is 1. The van der Waals surface area contributed by atoms with Crippen LogP contribution < -0.4 is 11.5 Å². The average molecular weight is 240 g/mol. The Balaban J connectivity index is 0.000000177. The first-order valence-electron chi connectivity index (χ1n) is 5.94. The minimum absolute atomic E-state index is 0.0213. The minimum atomic E-state index is -1.11. The molecular formula is C12H20N2O3. The highest BCUT2D eigenvalue weighted by atomic mass is 16.4. The molecule has 3 unspecified atom stereocenters. The van der Waals surface area contributed by atoms with Crippen molar-refractivity contribution in [3.05, 3.63) is 12.2 Å². The highest BCUT2D eigenvalue weighted by Crippen LogP contribution is 2.38. The van der Waals surface area contributed by atoms with E-state index < -0.39 is 17.9 Å². The summed E-state index contributed by atoms with van der Waals surface area (Å²) in [6.45, 7) is 0. The number of carboxylic acid groups (broad SMARTS) is 1. The number of aliphatic carboxylic acids is 1. The summed E-state index contributed by atoms with van der Waals surface area (Å²) in [6, 6.07) is -0.979. The number of carbonyl (C=O) groups is 2. The topological polar surface area (TPSA) is 106 Å². The van der Waals surface area contributed by atoms with E-state index in [1.54, 1.807) is 0 Å². The molecule has 2 aliphatic rings. The number of hydrogen-bond donors (Lipinski definition) is 3. The van der Waals surface area contributed by atoms with E-state index in [0.717, 1.165) is 11.8 Å². The molecule has 2 bridgehead atoms. The van der Waals surface area contributed by atoms with Gasteiger partial charge in [-0.25, -0.2) is 0 Å². The van der Waals surface area contributed by atoms with Gasteiger partial charge in [0.2, 0.25) is 5.91 Å². The second-order valence-electron chi connectivity index (χ2n) is 4.67. The fourth-order valence-corrected chi connectivity index (χ4v) is 2.14. The molecule has 1 saturated carbocycles. The average Bonchev–Trinajstić information content (AvgIpc) is 2.90. The molecular weight excluding hydrogens is 220 g/mol. The molecule has 5 N–H and O–H groups in total. The van der Waals surface area contributed by atoms with Gasteiger partial charge in [-0.05, 0) is 37.5 Å². The van der Waals surface area contributed by atoms with Crippen molar-refractivity contribution >= 4 is 11.9 Å². The van der Waals surface area contributed by atoms with Gasteiger partial charge in [0.1, 0.15) is 6.04 Å². The third-order valence-electron chi connectivity index (χ3n) is 3.19. The van der Waals surface area contributed by atoms with Crippen LogP contribution in [0, 0.1) is 11.8 Å². The van der Waals surface area contributed by atoms with E-state index in [4.69, 9.17) is 16.6 Å². The summed E-state index contributed by atoms with van der Waals surface area (Å²) in [5.74, 6) is 0.341. The van der Waals surface area contributed by atoms with E-state index >= 15 is 0 Å². The van der Waals surface area contributed by atoms with E-state index in [9.17, 15) is 9.59 Å². The molecule has 0 heterocycles. The van der Waals surface area contributed by atoms with Crippen molar-refractivity contribution in [1.82, 2.24) is 0 Å². The second kappa shape index (κ2) is 6.39. The quantitative estimate of drug-likeness (QED) is 0.627. The SMILES string of the molecule is C1=CC2CCC1C2.NC(=O)CCC(N)C(=O)O. The van der Waals surface area contributed by atoms with Gasteiger partial charge in [-0.3, -0.25) is 9.59 Å². The monoisotopic (exact) mass is 240 g/mol. The largest absolute Gasteiger partial charge is 0.480 e. The van der Waals surface area contributed by atoms with Crippen LogP contribution in [0.1, 0.15) is 32.1 Å². The van der Waals surface area contributed by atoms with E-state index in [0.29, 0.717) is 0 Å². The van der Waals surface area contributed by atoms with Gasteiger partial charge in [0.25, 0.3) is 0 Å². The van der Waals surface area contributed by atoms with Gasteiger partial charge in [0.05, 0.1) is 0 Å². The summed E-state index contributed by atoms with van der Waals surface area (Å²) in [4.78, 5) is 20.1. The number of carboxylic acids is 1. The van der Waals surface area contributed by atoms with Crippen LogP contribution in [-0.4, -0.2) is 23.0 Å². The number of primary amides is 1. The molecule has 96 valence electrons. The number of rotatable bonds is 4. The van der Waals surface area contributed by atoms with Crippen molar-refractivity contribution in [2.45, 2.75) is 38.1 Å². The first kappa shape index (κ1) is 13.7. The number of hydrogen-bond acceptors (Lipinski definition) is 3. The van der Waals surface area contributed by atoms with Gasteiger partial charge in [-0.1, -0.05) is 12.2 Å². The van der Waals surface area contributed by atoms with Crippen LogP contribution in [0.2, 0.25) is 0 Å². The molecule has 0 aromatic rings. The molecule has 1 amide bonds. The second-order valence-corrected chi connectivity index (χ2v) is 4.67. The third kappa shape index (κ3) is 4.99. The third-order valence-corrected chi connectivity index (χ3v) is 3.19. The molecule has 5 nitrogen and oxygen atoms in total. The standard InChI is InChI=1S/C7H10.C5H10N2O3/c1-2-7-4-3-6(1)5-7;6-3(5(9)10)1-2-4(7)8/h1-2,6-7H,3-5H2;3H,1-2,6H2,(H2,7,8)(H,9,10). The predicted octanol–water partition coefficient (Wildman–Crippen LogP) is 0.636. The van der Waals surface area contributed by atoms with Crippen molar-refractivity contribution in [2.24, 2.45) is 23.3 Å². The fourth-order valence-electron chi connectivity index (χ4n) is 2.14. The number of nitrogens with two attached hydrogens (primary N) is 2. The smallest absolute Gasteiger partial charge is 0.320 e. The summed E-state index contributed by atoms with van der Waals surface area (Å²) < 4.78 is 0. The Kier molecular flexibility index (Phi) is 5.15. The number of allylic oxidation sites excluding steroid dienone is 2. The molecule has 0 radical (unpaired) electrons. The van der Waals surface area contributed by atoms with Crippen molar-refractivity contribution in [3.63, 3.8) is 0 Å². The van der Waals surface area contributed by atoms with Crippen LogP contribution in [0.5, 0.6) is 0 Å². The first-order chi connectivity index (χ1) is 7.99. The first-order valence-corrected chi connectivity index (χ1v) is 5.94. The Labute approximate surface area is 101 Å². The summed E-state index contributed by atoms with van der Waals surface area (Å²) in [5.41, 5.74) is 9.81. The normalized spacial score (nSPS) is 26.2. The van der Waals surface area contributed by atoms with Crippen LogP contribution >= 0.6 is 0 Å². The van der Waals surface area contributed by atoms with Gasteiger partial charge < -0.3 is 16.6 Å². The van der Waals surface area contributed by atoms with Crippen LogP contribution in [0.15, 0.2) is 12.2 Å². The maximum atomic E-state index is 10.1. The molecule has 1 fully saturated rings. The lowest BCUT2D eigenvalue weighted by atomic mass is 10.1. The van der Waals surface area contributed by atoms with Gasteiger partial charge in [0, 0.05) is 6.42 Å². The van der Waals surface area contributed by atoms with Crippen LogP contribution in [0.4, 0.5) is 0 Å². The van der Waals surface area contributed by atoms with E-state index in [-0.39, 0.29) is 12.8 Å². The van der Waals surface area contributed by atoms with Gasteiger partial charge in [0.15, 0.2) is 0 Å². The van der Waals surface area contributed by atoms with E-state index in [1.807, 2.05) is 0 Å². The van der Waals surface area contributed by atoms with Crippen molar-refractivity contribution < 1.29 is 14.7 Å². The summed E-state index contributed by atoms with van der Waals surface area (Å²) in [7, 11) is 0.